The molecule has 0 unspecified atom stereocenters. The molecule has 0 aliphatic rings. The molecule has 92 valence electrons. The van der Waals surface area contributed by atoms with Crippen molar-refractivity contribution in [3.05, 3.63) is 58.8 Å². The van der Waals surface area contributed by atoms with Crippen LogP contribution in [0.5, 0.6) is 0 Å². The average molecular weight is 250 g/mol. The Hall–Kier alpha value is -1.21. The van der Waals surface area contributed by atoms with Gasteiger partial charge >= 0.3 is 0 Å². The number of hydrogen-bond acceptors (Lipinski definition) is 1. The summed E-state index contributed by atoms with van der Waals surface area (Å²) in [6, 6.07) is 8.06. The Labute approximate surface area is 109 Å². The van der Waals surface area contributed by atoms with Crippen molar-refractivity contribution in [2.75, 3.05) is 7.05 Å². The van der Waals surface area contributed by atoms with Gasteiger partial charge in [-0.15, -0.1) is 0 Å². The Morgan fingerprint density at radius 2 is 2.00 bits per heavy atom. The van der Waals surface area contributed by atoms with E-state index in [9.17, 15) is 0 Å². The average Bonchev–Trinajstić information content (AvgIpc) is 2.36. The summed E-state index contributed by atoms with van der Waals surface area (Å²) >= 11 is 5.85. The maximum atomic E-state index is 5.85. The minimum Gasteiger partial charge on any atom is -0.388 e. The first kappa shape index (κ1) is 13.9. The van der Waals surface area contributed by atoms with Crippen molar-refractivity contribution < 1.29 is 0 Å². The molecule has 1 aromatic carbocycles. The summed E-state index contributed by atoms with van der Waals surface area (Å²) in [7, 11) is 1.91. The third kappa shape index (κ3) is 4.66. The normalized spacial score (nSPS) is 11.4. The topological polar surface area (TPSA) is 12.0 Å². The molecule has 17 heavy (non-hydrogen) atoms. The van der Waals surface area contributed by atoms with Gasteiger partial charge in [-0.1, -0.05) is 36.4 Å². The van der Waals surface area contributed by atoms with Crippen LogP contribution in [0.1, 0.15) is 25.3 Å². The minimum absolute atomic E-state index is 0.798. The van der Waals surface area contributed by atoms with Crippen LogP contribution in [0, 0.1) is 0 Å². The molecular formula is C15H20ClN. The summed E-state index contributed by atoms with van der Waals surface area (Å²) in [5.41, 5.74) is 3.64. The minimum atomic E-state index is 0.798. The van der Waals surface area contributed by atoms with E-state index in [-0.39, 0.29) is 0 Å². The van der Waals surface area contributed by atoms with Gasteiger partial charge in [-0.25, -0.2) is 0 Å². The lowest BCUT2D eigenvalue weighted by Gasteiger charge is -2.09. The number of nitrogens with one attached hydrogen (secondary N) is 1. The van der Waals surface area contributed by atoms with Crippen molar-refractivity contribution in [2.24, 2.45) is 0 Å². The first-order valence-electron chi connectivity index (χ1n) is 5.94. The molecule has 1 aromatic rings. The molecule has 0 aliphatic heterocycles. The molecule has 0 atom stereocenters. The fourth-order valence-corrected chi connectivity index (χ4v) is 1.89. The summed E-state index contributed by atoms with van der Waals surface area (Å²) in [5, 5.41) is 3.89. The molecule has 2 heteroatoms. The summed E-state index contributed by atoms with van der Waals surface area (Å²) in [4.78, 5) is 0. The van der Waals surface area contributed by atoms with Crippen LogP contribution in [0.4, 0.5) is 0 Å². The number of allylic oxidation sites excluding steroid dienone is 2. The molecule has 0 bridgehead atoms. The second kappa shape index (κ2) is 7.18. The van der Waals surface area contributed by atoms with E-state index in [0.717, 1.165) is 30.0 Å². The monoisotopic (exact) mass is 249 g/mol. The van der Waals surface area contributed by atoms with Crippen LogP contribution in [-0.4, -0.2) is 7.05 Å². The maximum absolute atomic E-state index is 5.85. The molecule has 0 saturated heterocycles. The first-order valence-corrected chi connectivity index (χ1v) is 6.31. The van der Waals surface area contributed by atoms with Crippen molar-refractivity contribution in [1.82, 2.24) is 5.32 Å². The Balaban J connectivity index is 2.42. The third-order valence-corrected chi connectivity index (χ3v) is 3.11. The Kier molecular flexibility index (Phi) is 5.85. The van der Waals surface area contributed by atoms with Gasteiger partial charge in [0.15, 0.2) is 0 Å². The molecule has 1 rings (SSSR count). The van der Waals surface area contributed by atoms with Crippen LogP contribution >= 0.6 is 11.6 Å². The molecule has 0 spiro atoms. The van der Waals surface area contributed by atoms with Crippen LogP contribution in [0.2, 0.25) is 5.02 Å². The van der Waals surface area contributed by atoms with Gasteiger partial charge in [-0.05, 0) is 49.5 Å². The lowest BCUT2D eigenvalue weighted by Crippen LogP contribution is -2.07. The number of hydrogen-bond donors (Lipinski definition) is 1. The van der Waals surface area contributed by atoms with E-state index in [1.54, 1.807) is 0 Å². The van der Waals surface area contributed by atoms with Crippen molar-refractivity contribution in [1.29, 1.82) is 0 Å². The van der Waals surface area contributed by atoms with Crippen LogP contribution in [-0.2, 0) is 6.42 Å². The number of benzene rings is 1. The zero-order chi connectivity index (χ0) is 12.7. The van der Waals surface area contributed by atoms with E-state index in [1.165, 1.54) is 11.1 Å². The van der Waals surface area contributed by atoms with E-state index in [2.05, 4.69) is 37.0 Å². The van der Waals surface area contributed by atoms with E-state index in [0.29, 0.717) is 0 Å². The summed E-state index contributed by atoms with van der Waals surface area (Å²) in [6.07, 6.45) is 5.38. The van der Waals surface area contributed by atoms with Gasteiger partial charge in [0.1, 0.15) is 0 Å². The van der Waals surface area contributed by atoms with Gasteiger partial charge in [-0.3, -0.25) is 0 Å². The van der Waals surface area contributed by atoms with Gasteiger partial charge < -0.3 is 5.32 Å². The second-order valence-electron chi connectivity index (χ2n) is 4.02. The molecule has 0 radical (unpaired) electrons. The summed E-state index contributed by atoms with van der Waals surface area (Å²) in [5.74, 6) is 0. The van der Waals surface area contributed by atoms with E-state index >= 15 is 0 Å². The molecule has 0 fully saturated rings. The van der Waals surface area contributed by atoms with Gasteiger partial charge in [0.25, 0.3) is 0 Å². The molecule has 0 saturated carbocycles. The smallest absolute Gasteiger partial charge is 0.0406 e. The highest BCUT2D eigenvalue weighted by Gasteiger charge is 2.00. The fraction of sp³-hybridized carbons (Fsp3) is 0.333. The summed E-state index contributed by atoms with van der Waals surface area (Å²) < 4.78 is 0. The van der Waals surface area contributed by atoms with Crippen LogP contribution < -0.4 is 5.32 Å². The van der Waals surface area contributed by atoms with Crippen molar-refractivity contribution in [3.8, 4) is 0 Å². The fourth-order valence-electron chi connectivity index (χ4n) is 1.76. The Morgan fingerprint density at radius 1 is 1.35 bits per heavy atom. The molecule has 0 amide bonds. The number of halogens is 1. The van der Waals surface area contributed by atoms with Gasteiger partial charge in [-0.2, -0.15) is 0 Å². The third-order valence-electron chi connectivity index (χ3n) is 2.86. The number of rotatable bonds is 6. The second-order valence-corrected chi connectivity index (χ2v) is 4.46. The quantitative estimate of drug-likeness (QED) is 0.740. The van der Waals surface area contributed by atoms with E-state index in [1.807, 2.05) is 19.2 Å². The predicted octanol–water partition coefficient (Wildman–Crippen LogP) is 4.34. The standard InChI is InChI=1S/C15H20ClN/c1-4-14(12(2)17-3)7-5-6-13-8-10-15(16)11-9-13/h4,8-11,17H,2,5-7H2,1,3H3/b14-4+. The van der Waals surface area contributed by atoms with Crippen LogP contribution in [0.25, 0.3) is 0 Å². The highest BCUT2D eigenvalue weighted by Crippen LogP contribution is 2.16. The van der Waals surface area contributed by atoms with Crippen molar-refractivity contribution >= 4 is 11.6 Å². The van der Waals surface area contributed by atoms with Crippen molar-refractivity contribution in [2.45, 2.75) is 26.2 Å². The highest BCUT2D eigenvalue weighted by atomic mass is 35.5. The highest BCUT2D eigenvalue weighted by molar-refractivity contribution is 6.30. The lowest BCUT2D eigenvalue weighted by atomic mass is 10.0. The van der Waals surface area contributed by atoms with E-state index < -0.39 is 0 Å². The predicted molar refractivity (Wildman–Crippen MR) is 76.3 cm³/mol. The maximum Gasteiger partial charge on any atom is 0.0406 e. The van der Waals surface area contributed by atoms with Crippen molar-refractivity contribution in [3.63, 3.8) is 0 Å². The molecular weight excluding hydrogens is 230 g/mol. The lowest BCUT2D eigenvalue weighted by molar-refractivity contribution is 0.799. The number of aryl methyl sites for hydroxylation is 1. The molecule has 1 N–H and O–H groups in total. The first-order chi connectivity index (χ1) is 8.17. The van der Waals surface area contributed by atoms with Gasteiger partial charge in [0.2, 0.25) is 0 Å². The zero-order valence-corrected chi connectivity index (χ0v) is 11.3. The largest absolute Gasteiger partial charge is 0.388 e. The number of likely N-dealkylation sites (N-methyl/N-ethyl adjacent to an activating group) is 1. The summed E-state index contributed by atoms with van der Waals surface area (Å²) in [6.45, 7) is 6.04. The Morgan fingerprint density at radius 3 is 2.53 bits per heavy atom. The zero-order valence-electron chi connectivity index (χ0n) is 10.6. The van der Waals surface area contributed by atoms with Crippen LogP contribution in [0.15, 0.2) is 48.2 Å². The molecule has 0 heterocycles. The SMILES string of the molecule is C=C(NC)/C(=C/C)CCCc1ccc(Cl)cc1. The molecule has 0 aromatic heterocycles. The molecule has 1 nitrogen and oxygen atoms in total. The van der Waals surface area contributed by atoms with E-state index in [4.69, 9.17) is 11.6 Å². The van der Waals surface area contributed by atoms with Gasteiger partial charge in [0.05, 0.1) is 0 Å². The Bertz CT molecular complexity index is 390. The molecule has 0 aliphatic carbocycles. The van der Waals surface area contributed by atoms with Crippen LogP contribution in [0.3, 0.4) is 0 Å². The van der Waals surface area contributed by atoms with Gasteiger partial charge in [0, 0.05) is 17.8 Å².